The van der Waals surface area contributed by atoms with Crippen molar-refractivity contribution in [3.63, 3.8) is 0 Å². The quantitative estimate of drug-likeness (QED) is 0.761. The molecule has 1 aliphatic heterocycles. The first kappa shape index (κ1) is 10.2. The minimum absolute atomic E-state index is 0.217. The summed E-state index contributed by atoms with van der Waals surface area (Å²) in [7, 11) is 0. The summed E-state index contributed by atoms with van der Waals surface area (Å²) in [6.07, 6.45) is -0.673. The van der Waals surface area contributed by atoms with E-state index in [-0.39, 0.29) is 6.61 Å². The monoisotopic (exact) mass is 277 g/mol. The number of rotatable bonds is 0. The van der Waals surface area contributed by atoms with Crippen LogP contribution in [0.2, 0.25) is 5.02 Å². The molecule has 5 heteroatoms. The Morgan fingerprint density at radius 2 is 2.29 bits per heavy atom. The molecule has 2 atom stereocenters. The van der Waals surface area contributed by atoms with E-state index in [0.29, 0.717) is 10.8 Å². The van der Waals surface area contributed by atoms with Crippen molar-refractivity contribution in [2.24, 2.45) is 5.73 Å². The van der Waals surface area contributed by atoms with E-state index in [2.05, 4.69) is 15.9 Å². The minimum atomic E-state index is -0.673. The average Bonchev–Trinajstić information content (AvgIpc) is 2.12. The number of nitrogens with two attached hydrogens (primary N) is 1. The van der Waals surface area contributed by atoms with Gasteiger partial charge in [-0.15, -0.1) is 0 Å². The van der Waals surface area contributed by atoms with Crippen molar-refractivity contribution in [2.45, 2.75) is 12.1 Å². The predicted octanol–water partition coefficient (Wildman–Crippen LogP) is 1.86. The van der Waals surface area contributed by atoms with E-state index in [4.69, 9.17) is 22.1 Å². The lowest BCUT2D eigenvalue weighted by Crippen LogP contribution is -2.35. The fraction of sp³-hybridized carbons (Fsp3) is 0.333. The molecule has 0 radical (unpaired) electrons. The van der Waals surface area contributed by atoms with Crippen LogP contribution in [0, 0.1) is 0 Å². The molecule has 0 aliphatic carbocycles. The van der Waals surface area contributed by atoms with E-state index in [1.54, 1.807) is 12.1 Å². The SMILES string of the molecule is N[C@H]1c2cc(Cl)cc(Br)c2OC[C@H]1O. The minimum Gasteiger partial charge on any atom is -0.489 e. The van der Waals surface area contributed by atoms with Gasteiger partial charge in [-0.25, -0.2) is 0 Å². The van der Waals surface area contributed by atoms with Gasteiger partial charge in [0.15, 0.2) is 0 Å². The van der Waals surface area contributed by atoms with E-state index in [1.807, 2.05) is 0 Å². The second kappa shape index (κ2) is 3.70. The smallest absolute Gasteiger partial charge is 0.138 e. The van der Waals surface area contributed by atoms with E-state index < -0.39 is 12.1 Å². The highest BCUT2D eigenvalue weighted by molar-refractivity contribution is 9.10. The predicted molar refractivity (Wildman–Crippen MR) is 57.6 cm³/mol. The molecule has 0 amide bonds. The van der Waals surface area contributed by atoms with Crippen molar-refractivity contribution in [2.75, 3.05) is 6.61 Å². The van der Waals surface area contributed by atoms with Crippen LogP contribution in [0.5, 0.6) is 5.75 Å². The van der Waals surface area contributed by atoms with Crippen LogP contribution in [-0.2, 0) is 0 Å². The molecule has 1 aromatic carbocycles. The first-order chi connectivity index (χ1) is 6.59. The molecule has 3 N–H and O–H groups in total. The molecule has 0 saturated heterocycles. The molecule has 0 fully saturated rings. The molecule has 2 rings (SSSR count). The Morgan fingerprint density at radius 1 is 1.57 bits per heavy atom. The highest BCUT2D eigenvalue weighted by Crippen LogP contribution is 2.39. The van der Waals surface area contributed by atoms with Gasteiger partial charge in [-0.2, -0.15) is 0 Å². The molecule has 14 heavy (non-hydrogen) atoms. The van der Waals surface area contributed by atoms with Crippen LogP contribution in [-0.4, -0.2) is 17.8 Å². The third-order valence-electron chi connectivity index (χ3n) is 2.21. The van der Waals surface area contributed by atoms with Crippen molar-refractivity contribution in [1.29, 1.82) is 0 Å². The molecule has 0 saturated carbocycles. The second-order valence-corrected chi connectivity index (χ2v) is 4.50. The van der Waals surface area contributed by atoms with Crippen LogP contribution < -0.4 is 10.5 Å². The zero-order valence-corrected chi connectivity index (χ0v) is 9.55. The Morgan fingerprint density at radius 3 is 3.00 bits per heavy atom. The fourth-order valence-electron chi connectivity index (χ4n) is 1.46. The topological polar surface area (TPSA) is 55.5 Å². The van der Waals surface area contributed by atoms with Gasteiger partial charge in [0, 0.05) is 10.6 Å². The van der Waals surface area contributed by atoms with E-state index in [1.165, 1.54) is 0 Å². The zero-order valence-electron chi connectivity index (χ0n) is 7.21. The fourth-order valence-corrected chi connectivity index (χ4v) is 2.41. The van der Waals surface area contributed by atoms with Crippen molar-refractivity contribution in [3.8, 4) is 5.75 Å². The number of halogens is 2. The lowest BCUT2D eigenvalue weighted by atomic mass is 9.99. The Kier molecular flexibility index (Phi) is 2.70. The molecule has 1 aromatic rings. The van der Waals surface area contributed by atoms with E-state index in [9.17, 15) is 5.11 Å². The van der Waals surface area contributed by atoms with Crippen LogP contribution in [0.4, 0.5) is 0 Å². The summed E-state index contributed by atoms with van der Waals surface area (Å²) in [4.78, 5) is 0. The average molecular weight is 279 g/mol. The summed E-state index contributed by atoms with van der Waals surface area (Å²) in [6.45, 7) is 0.217. The lowest BCUT2D eigenvalue weighted by Gasteiger charge is -2.28. The van der Waals surface area contributed by atoms with E-state index in [0.717, 1.165) is 10.0 Å². The number of hydrogen-bond donors (Lipinski definition) is 2. The van der Waals surface area contributed by atoms with Gasteiger partial charge in [0.2, 0.25) is 0 Å². The van der Waals surface area contributed by atoms with Gasteiger partial charge in [0.1, 0.15) is 18.5 Å². The summed E-state index contributed by atoms with van der Waals surface area (Å²) in [5.41, 5.74) is 6.56. The van der Waals surface area contributed by atoms with Gasteiger partial charge in [-0.3, -0.25) is 0 Å². The third kappa shape index (κ3) is 1.63. The Labute approximate surface area is 94.9 Å². The van der Waals surface area contributed by atoms with Gasteiger partial charge < -0.3 is 15.6 Å². The molecule has 1 heterocycles. The number of aliphatic hydroxyl groups excluding tert-OH is 1. The van der Waals surface area contributed by atoms with Crippen molar-refractivity contribution >= 4 is 27.5 Å². The maximum Gasteiger partial charge on any atom is 0.138 e. The van der Waals surface area contributed by atoms with Crippen LogP contribution in [0.1, 0.15) is 11.6 Å². The highest BCUT2D eigenvalue weighted by Gasteiger charge is 2.28. The van der Waals surface area contributed by atoms with Crippen LogP contribution in [0.3, 0.4) is 0 Å². The van der Waals surface area contributed by atoms with Gasteiger partial charge in [0.25, 0.3) is 0 Å². The highest BCUT2D eigenvalue weighted by atomic mass is 79.9. The van der Waals surface area contributed by atoms with Crippen molar-refractivity contribution in [1.82, 2.24) is 0 Å². The standard InChI is InChI=1S/C9H9BrClNO2/c10-6-2-4(11)1-5-8(12)7(13)3-14-9(5)6/h1-2,7-8,13H,3,12H2/t7-,8+/m1/s1. The zero-order chi connectivity index (χ0) is 10.3. The van der Waals surface area contributed by atoms with Crippen LogP contribution in [0.25, 0.3) is 0 Å². The van der Waals surface area contributed by atoms with Crippen molar-refractivity contribution in [3.05, 3.63) is 27.2 Å². The first-order valence-corrected chi connectivity index (χ1v) is 5.32. The number of aliphatic hydroxyl groups is 1. The van der Waals surface area contributed by atoms with Crippen LogP contribution >= 0.6 is 27.5 Å². The molecule has 0 aromatic heterocycles. The number of ether oxygens (including phenoxy) is 1. The maximum absolute atomic E-state index is 9.50. The molecular weight excluding hydrogens is 269 g/mol. The maximum atomic E-state index is 9.50. The third-order valence-corrected chi connectivity index (χ3v) is 3.02. The molecule has 0 bridgehead atoms. The summed E-state index contributed by atoms with van der Waals surface area (Å²) in [5.74, 6) is 0.673. The number of hydrogen-bond acceptors (Lipinski definition) is 3. The molecule has 1 aliphatic rings. The summed E-state index contributed by atoms with van der Waals surface area (Å²) < 4.78 is 6.12. The number of fused-ring (bicyclic) bond motifs is 1. The molecular formula is C9H9BrClNO2. The summed E-state index contributed by atoms with van der Waals surface area (Å²) in [5, 5.41) is 10.1. The Hall–Kier alpha value is -0.290. The van der Waals surface area contributed by atoms with Gasteiger partial charge in [0.05, 0.1) is 10.5 Å². The van der Waals surface area contributed by atoms with Crippen molar-refractivity contribution < 1.29 is 9.84 Å². The molecule has 76 valence electrons. The van der Waals surface area contributed by atoms with Gasteiger partial charge in [-0.1, -0.05) is 11.6 Å². The number of benzene rings is 1. The van der Waals surface area contributed by atoms with E-state index >= 15 is 0 Å². The summed E-state index contributed by atoms with van der Waals surface area (Å²) >= 11 is 9.21. The summed E-state index contributed by atoms with van der Waals surface area (Å²) in [6, 6.07) is 3.02. The normalized spacial score (nSPS) is 25.4. The van der Waals surface area contributed by atoms with Crippen LogP contribution in [0.15, 0.2) is 16.6 Å². The largest absolute Gasteiger partial charge is 0.489 e. The molecule has 0 spiro atoms. The first-order valence-electron chi connectivity index (χ1n) is 4.15. The second-order valence-electron chi connectivity index (χ2n) is 3.21. The Balaban J connectivity index is 2.54. The molecule has 0 unspecified atom stereocenters. The molecule has 3 nitrogen and oxygen atoms in total. The van der Waals surface area contributed by atoms with Gasteiger partial charge in [-0.05, 0) is 28.1 Å². The lowest BCUT2D eigenvalue weighted by molar-refractivity contribution is 0.0674. The van der Waals surface area contributed by atoms with Gasteiger partial charge >= 0.3 is 0 Å². The Bertz CT molecular complexity index is 372.